The number of amides is 2. The number of hydrogen-bond acceptors (Lipinski definition) is 2. The standard InChI is InChI=1S/C18H14N2O2/c1-20-15-10-6-5-9-13(15)18(17(20)22)11-14(19-16(18)21)12-7-3-2-4-8-12/h2-11H,1H3,(H,19,21)/t18-/m1/s1. The van der Waals surface area contributed by atoms with Crippen molar-refractivity contribution >= 4 is 23.2 Å². The lowest BCUT2D eigenvalue weighted by Gasteiger charge is -2.17. The fourth-order valence-electron chi connectivity index (χ4n) is 3.26. The Morgan fingerprint density at radius 2 is 1.64 bits per heavy atom. The number of carbonyl (C=O) groups excluding carboxylic acids is 2. The van der Waals surface area contributed by atoms with Gasteiger partial charge in [0.25, 0.3) is 5.91 Å². The van der Waals surface area contributed by atoms with Gasteiger partial charge in [-0.3, -0.25) is 9.59 Å². The molecule has 4 rings (SSSR count). The molecule has 0 saturated carbocycles. The minimum atomic E-state index is -1.24. The summed E-state index contributed by atoms with van der Waals surface area (Å²) in [5.41, 5.74) is 1.87. The van der Waals surface area contributed by atoms with Gasteiger partial charge in [-0.1, -0.05) is 48.5 Å². The number of nitrogens with zero attached hydrogens (tertiary/aromatic N) is 1. The van der Waals surface area contributed by atoms with E-state index in [1.165, 1.54) is 0 Å². The van der Waals surface area contributed by atoms with Crippen LogP contribution in [0.15, 0.2) is 60.7 Å². The number of anilines is 1. The van der Waals surface area contributed by atoms with Crippen molar-refractivity contribution in [3.63, 3.8) is 0 Å². The predicted molar refractivity (Wildman–Crippen MR) is 84.1 cm³/mol. The highest BCUT2D eigenvalue weighted by Crippen LogP contribution is 2.45. The molecule has 0 radical (unpaired) electrons. The Morgan fingerprint density at radius 3 is 2.41 bits per heavy atom. The van der Waals surface area contributed by atoms with Gasteiger partial charge in [0.05, 0.1) is 0 Å². The van der Waals surface area contributed by atoms with Gasteiger partial charge in [0.1, 0.15) is 0 Å². The van der Waals surface area contributed by atoms with Crippen molar-refractivity contribution in [2.45, 2.75) is 5.41 Å². The number of benzene rings is 2. The summed E-state index contributed by atoms with van der Waals surface area (Å²) in [7, 11) is 1.71. The minimum Gasteiger partial charge on any atom is -0.324 e. The molecular formula is C18H14N2O2. The van der Waals surface area contributed by atoms with Gasteiger partial charge in [0.2, 0.25) is 5.91 Å². The first-order chi connectivity index (χ1) is 10.6. The van der Waals surface area contributed by atoms with Gasteiger partial charge in [0.15, 0.2) is 5.41 Å². The van der Waals surface area contributed by atoms with E-state index in [4.69, 9.17) is 0 Å². The van der Waals surface area contributed by atoms with Crippen LogP contribution in [0.5, 0.6) is 0 Å². The Hall–Kier alpha value is -2.88. The maximum Gasteiger partial charge on any atom is 0.251 e. The molecule has 1 spiro atoms. The summed E-state index contributed by atoms with van der Waals surface area (Å²) in [6.45, 7) is 0. The molecule has 2 aliphatic heterocycles. The second-order valence-electron chi connectivity index (χ2n) is 5.57. The van der Waals surface area contributed by atoms with Crippen molar-refractivity contribution in [1.29, 1.82) is 0 Å². The van der Waals surface area contributed by atoms with Gasteiger partial charge < -0.3 is 10.2 Å². The second kappa shape index (κ2) is 4.31. The van der Waals surface area contributed by atoms with Crippen LogP contribution in [0.4, 0.5) is 5.69 Å². The zero-order valence-electron chi connectivity index (χ0n) is 12.0. The first-order valence-electron chi connectivity index (χ1n) is 7.12. The molecule has 22 heavy (non-hydrogen) atoms. The zero-order valence-corrected chi connectivity index (χ0v) is 12.0. The van der Waals surface area contributed by atoms with Crippen molar-refractivity contribution in [2.24, 2.45) is 0 Å². The van der Waals surface area contributed by atoms with Crippen LogP contribution in [0.1, 0.15) is 11.1 Å². The molecule has 0 fully saturated rings. The van der Waals surface area contributed by atoms with Crippen LogP contribution in [-0.2, 0) is 15.0 Å². The Labute approximate surface area is 128 Å². The van der Waals surface area contributed by atoms with Gasteiger partial charge in [-0.25, -0.2) is 0 Å². The SMILES string of the molecule is CN1C(=O)[C@]2(C=C(c3ccccc3)NC2=O)c2ccccc21. The Morgan fingerprint density at radius 1 is 0.955 bits per heavy atom. The molecule has 0 aliphatic carbocycles. The lowest BCUT2D eigenvalue weighted by Crippen LogP contribution is -2.44. The van der Waals surface area contributed by atoms with Crippen LogP contribution < -0.4 is 10.2 Å². The lowest BCUT2D eigenvalue weighted by atomic mass is 9.81. The molecular weight excluding hydrogens is 276 g/mol. The maximum absolute atomic E-state index is 12.8. The van der Waals surface area contributed by atoms with Gasteiger partial charge in [-0.05, 0) is 17.7 Å². The van der Waals surface area contributed by atoms with E-state index < -0.39 is 5.41 Å². The lowest BCUT2D eigenvalue weighted by molar-refractivity contribution is -0.131. The molecule has 2 aliphatic rings. The second-order valence-corrected chi connectivity index (χ2v) is 5.57. The predicted octanol–water partition coefficient (Wildman–Crippen LogP) is 2.07. The van der Waals surface area contributed by atoms with Gasteiger partial charge in [-0.2, -0.15) is 0 Å². The molecule has 2 aromatic rings. The van der Waals surface area contributed by atoms with Crippen molar-refractivity contribution in [3.8, 4) is 0 Å². The Bertz CT molecular complexity index is 826. The highest BCUT2D eigenvalue weighted by molar-refractivity contribution is 6.27. The van der Waals surface area contributed by atoms with E-state index >= 15 is 0 Å². The summed E-state index contributed by atoms with van der Waals surface area (Å²) >= 11 is 0. The van der Waals surface area contributed by atoms with E-state index in [0.29, 0.717) is 5.70 Å². The zero-order chi connectivity index (χ0) is 15.3. The molecule has 0 aromatic heterocycles. The third-order valence-electron chi connectivity index (χ3n) is 4.38. The molecule has 2 heterocycles. The highest BCUT2D eigenvalue weighted by atomic mass is 16.2. The van der Waals surface area contributed by atoms with Crippen LogP contribution in [-0.4, -0.2) is 18.9 Å². The Balaban J connectivity index is 1.93. The molecule has 4 heteroatoms. The van der Waals surface area contributed by atoms with Crippen LogP contribution in [0.2, 0.25) is 0 Å². The van der Waals surface area contributed by atoms with Crippen molar-refractivity contribution in [1.82, 2.24) is 5.32 Å². The smallest absolute Gasteiger partial charge is 0.251 e. The number of nitrogens with one attached hydrogen (secondary N) is 1. The summed E-state index contributed by atoms with van der Waals surface area (Å²) in [5.74, 6) is -0.495. The Kier molecular flexibility index (Phi) is 2.51. The normalized spacial score (nSPS) is 22.8. The molecule has 1 atom stereocenters. The third kappa shape index (κ3) is 1.46. The summed E-state index contributed by atoms with van der Waals surface area (Å²) < 4.78 is 0. The molecule has 0 saturated heterocycles. The monoisotopic (exact) mass is 290 g/mol. The number of hydrogen-bond donors (Lipinski definition) is 1. The number of rotatable bonds is 1. The van der Waals surface area contributed by atoms with Crippen molar-refractivity contribution in [3.05, 3.63) is 71.8 Å². The molecule has 0 unspecified atom stereocenters. The van der Waals surface area contributed by atoms with Crippen LogP contribution in [0, 0.1) is 0 Å². The van der Waals surface area contributed by atoms with E-state index in [2.05, 4.69) is 5.32 Å². The first kappa shape index (κ1) is 12.8. The van der Waals surface area contributed by atoms with Crippen LogP contribution in [0.3, 0.4) is 0 Å². The maximum atomic E-state index is 12.8. The summed E-state index contributed by atoms with van der Waals surface area (Å²) in [6.07, 6.45) is 1.76. The number of fused-ring (bicyclic) bond motifs is 2. The van der Waals surface area contributed by atoms with Gasteiger partial charge in [-0.15, -0.1) is 0 Å². The molecule has 2 amide bonds. The van der Waals surface area contributed by atoms with E-state index in [0.717, 1.165) is 16.8 Å². The topological polar surface area (TPSA) is 49.4 Å². The molecule has 2 aromatic carbocycles. The fraction of sp³-hybridized carbons (Fsp3) is 0.111. The van der Waals surface area contributed by atoms with E-state index in [9.17, 15) is 9.59 Å². The van der Waals surface area contributed by atoms with E-state index in [-0.39, 0.29) is 11.8 Å². The average molecular weight is 290 g/mol. The number of para-hydroxylation sites is 1. The van der Waals surface area contributed by atoms with E-state index in [1.807, 2.05) is 54.6 Å². The summed E-state index contributed by atoms with van der Waals surface area (Å²) in [5, 5.41) is 2.87. The first-order valence-corrected chi connectivity index (χ1v) is 7.12. The van der Waals surface area contributed by atoms with Gasteiger partial charge >= 0.3 is 0 Å². The summed E-state index contributed by atoms with van der Waals surface area (Å²) in [4.78, 5) is 27.0. The number of carbonyl (C=O) groups is 2. The largest absolute Gasteiger partial charge is 0.324 e. The highest BCUT2D eigenvalue weighted by Gasteiger charge is 2.56. The minimum absolute atomic E-state index is 0.211. The average Bonchev–Trinajstić information content (AvgIpc) is 3.02. The van der Waals surface area contributed by atoms with E-state index in [1.54, 1.807) is 18.0 Å². The van der Waals surface area contributed by atoms with Crippen molar-refractivity contribution < 1.29 is 9.59 Å². The summed E-state index contributed by atoms with van der Waals surface area (Å²) in [6, 6.07) is 17.0. The molecule has 0 bridgehead atoms. The fourth-order valence-corrected chi connectivity index (χ4v) is 3.26. The molecule has 4 nitrogen and oxygen atoms in total. The molecule has 1 N–H and O–H groups in total. The third-order valence-corrected chi connectivity index (χ3v) is 4.38. The van der Waals surface area contributed by atoms with Crippen molar-refractivity contribution in [2.75, 3.05) is 11.9 Å². The van der Waals surface area contributed by atoms with Crippen LogP contribution in [0.25, 0.3) is 5.70 Å². The number of likely N-dealkylation sites (N-methyl/N-ethyl adjacent to an activating group) is 1. The molecule has 108 valence electrons. The quantitative estimate of drug-likeness (QED) is 0.817. The van der Waals surface area contributed by atoms with Crippen LogP contribution >= 0.6 is 0 Å². The van der Waals surface area contributed by atoms with Gasteiger partial charge in [0, 0.05) is 24.0 Å².